The summed E-state index contributed by atoms with van der Waals surface area (Å²) in [4.78, 5) is 12.0. The van der Waals surface area contributed by atoms with Crippen LogP contribution in [0, 0.1) is 0 Å². The van der Waals surface area contributed by atoms with Gasteiger partial charge in [-0.3, -0.25) is 0 Å². The Bertz CT molecular complexity index is 494. The minimum atomic E-state index is -0.488. The summed E-state index contributed by atoms with van der Waals surface area (Å²) in [5, 5.41) is 3.69. The minimum Gasteiger partial charge on any atom is -0.444 e. The van der Waals surface area contributed by atoms with Gasteiger partial charge in [0.1, 0.15) is 5.60 Å². The molecule has 0 bridgehead atoms. The molecule has 1 aliphatic carbocycles. The third-order valence-electron chi connectivity index (χ3n) is 3.37. The van der Waals surface area contributed by atoms with Crippen LogP contribution in [0.2, 0.25) is 5.02 Å². The largest absolute Gasteiger partial charge is 0.444 e. The quantitative estimate of drug-likeness (QED) is 0.767. The van der Waals surface area contributed by atoms with Crippen LogP contribution >= 0.6 is 11.6 Å². The molecule has 2 rings (SSSR count). The van der Waals surface area contributed by atoms with E-state index in [1.165, 1.54) is 5.56 Å². The van der Waals surface area contributed by atoms with Crippen molar-refractivity contribution in [3.63, 3.8) is 0 Å². The third-order valence-corrected chi connectivity index (χ3v) is 3.70. The summed E-state index contributed by atoms with van der Waals surface area (Å²) in [6.07, 6.45) is 3.74. The fourth-order valence-electron chi connectivity index (χ4n) is 2.59. The smallest absolute Gasteiger partial charge is 0.408 e. The zero-order chi connectivity index (χ0) is 14.8. The number of hydrogen-bond donors (Lipinski definition) is 1. The second-order valence-electron chi connectivity index (χ2n) is 6.26. The van der Waals surface area contributed by atoms with E-state index < -0.39 is 5.60 Å². The van der Waals surface area contributed by atoms with Gasteiger partial charge in [0, 0.05) is 5.02 Å². The first kappa shape index (κ1) is 15.2. The molecule has 0 heterocycles. The van der Waals surface area contributed by atoms with Gasteiger partial charge in [-0.1, -0.05) is 30.2 Å². The number of benzene rings is 1. The van der Waals surface area contributed by atoms with Crippen molar-refractivity contribution in [1.82, 2.24) is 5.32 Å². The lowest BCUT2D eigenvalue weighted by Gasteiger charge is -2.24. The monoisotopic (exact) mass is 295 g/mol. The van der Waals surface area contributed by atoms with Crippen LogP contribution in [-0.4, -0.2) is 11.7 Å². The van der Waals surface area contributed by atoms with Gasteiger partial charge in [-0.25, -0.2) is 4.79 Å². The summed E-state index contributed by atoms with van der Waals surface area (Å²) in [5.74, 6) is 0. The molecule has 1 N–H and O–H groups in total. The maximum atomic E-state index is 12.0. The predicted molar refractivity (Wildman–Crippen MR) is 81.1 cm³/mol. The number of amides is 1. The van der Waals surface area contributed by atoms with Gasteiger partial charge >= 0.3 is 6.09 Å². The lowest BCUT2D eigenvalue weighted by Crippen LogP contribution is -2.35. The number of fused-ring (bicyclic) bond motifs is 1. The summed E-state index contributed by atoms with van der Waals surface area (Å²) in [6.45, 7) is 5.59. The topological polar surface area (TPSA) is 38.3 Å². The Hall–Kier alpha value is -1.22. The highest BCUT2D eigenvalue weighted by molar-refractivity contribution is 6.31. The number of hydrogen-bond acceptors (Lipinski definition) is 2. The Labute approximate surface area is 125 Å². The molecular formula is C16H22ClNO2. The van der Waals surface area contributed by atoms with Crippen molar-refractivity contribution in [2.45, 2.75) is 58.1 Å². The van der Waals surface area contributed by atoms with E-state index in [4.69, 9.17) is 16.3 Å². The van der Waals surface area contributed by atoms with Gasteiger partial charge in [0.25, 0.3) is 0 Å². The Balaban J connectivity index is 2.19. The molecule has 0 saturated heterocycles. The van der Waals surface area contributed by atoms with Crippen LogP contribution in [-0.2, 0) is 11.2 Å². The van der Waals surface area contributed by atoms with Crippen molar-refractivity contribution in [3.8, 4) is 0 Å². The van der Waals surface area contributed by atoms with Crippen molar-refractivity contribution in [2.24, 2.45) is 0 Å². The molecule has 0 fully saturated rings. The Kier molecular flexibility index (Phi) is 4.59. The molecule has 1 atom stereocenters. The predicted octanol–water partition coefficient (Wildman–Crippen LogP) is 4.63. The molecule has 0 saturated carbocycles. The van der Waals surface area contributed by atoms with Gasteiger partial charge in [-0.2, -0.15) is 0 Å². The van der Waals surface area contributed by atoms with E-state index in [2.05, 4.69) is 11.4 Å². The molecule has 3 nitrogen and oxygen atoms in total. The highest BCUT2D eigenvalue weighted by Crippen LogP contribution is 2.34. The third kappa shape index (κ3) is 3.89. The second-order valence-corrected chi connectivity index (χ2v) is 6.66. The van der Waals surface area contributed by atoms with E-state index in [0.717, 1.165) is 36.3 Å². The summed E-state index contributed by atoms with van der Waals surface area (Å²) in [7, 11) is 0. The maximum absolute atomic E-state index is 12.0. The van der Waals surface area contributed by atoms with E-state index in [1.807, 2.05) is 32.9 Å². The zero-order valence-corrected chi connectivity index (χ0v) is 13.1. The minimum absolute atomic E-state index is 0.0592. The first-order valence-electron chi connectivity index (χ1n) is 7.13. The number of rotatable bonds is 1. The fourth-order valence-corrected chi connectivity index (χ4v) is 2.92. The molecule has 1 unspecified atom stereocenters. The first-order valence-corrected chi connectivity index (χ1v) is 7.51. The molecule has 1 amide bonds. The Morgan fingerprint density at radius 3 is 2.80 bits per heavy atom. The molecule has 1 aromatic carbocycles. The van der Waals surface area contributed by atoms with Gasteiger partial charge in [0.15, 0.2) is 0 Å². The fraction of sp³-hybridized carbons (Fsp3) is 0.562. The Morgan fingerprint density at radius 2 is 2.10 bits per heavy atom. The van der Waals surface area contributed by atoms with Crippen molar-refractivity contribution in [2.75, 3.05) is 0 Å². The van der Waals surface area contributed by atoms with Crippen molar-refractivity contribution >= 4 is 17.7 Å². The van der Waals surface area contributed by atoms with E-state index in [0.29, 0.717) is 0 Å². The van der Waals surface area contributed by atoms with Crippen molar-refractivity contribution in [1.29, 1.82) is 0 Å². The second kappa shape index (κ2) is 6.04. The van der Waals surface area contributed by atoms with Gasteiger partial charge in [-0.05, 0) is 57.2 Å². The molecule has 0 spiro atoms. The van der Waals surface area contributed by atoms with Crippen molar-refractivity contribution < 1.29 is 9.53 Å². The number of carbonyl (C=O) groups is 1. The molecular weight excluding hydrogens is 274 g/mol. The molecule has 20 heavy (non-hydrogen) atoms. The summed E-state index contributed by atoms with van der Waals surface area (Å²) < 4.78 is 5.34. The van der Waals surface area contributed by atoms with E-state index in [-0.39, 0.29) is 12.1 Å². The first-order chi connectivity index (χ1) is 9.37. The van der Waals surface area contributed by atoms with Crippen LogP contribution in [0.4, 0.5) is 4.79 Å². The number of aryl methyl sites for hydroxylation is 1. The van der Waals surface area contributed by atoms with E-state index in [9.17, 15) is 4.79 Å². The molecule has 1 aliphatic rings. The summed E-state index contributed by atoms with van der Waals surface area (Å²) in [6, 6.07) is 5.89. The number of nitrogens with one attached hydrogen (secondary N) is 1. The molecule has 0 aliphatic heterocycles. The van der Waals surface area contributed by atoms with Crippen molar-refractivity contribution in [3.05, 3.63) is 34.3 Å². The summed E-state index contributed by atoms with van der Waals surface area (Å²) >= 11 is 6.33. The molecule has 1 aromatic rings. The molecule has 0 aromatic heterocycles. The van der Waals surface area contributed by atoms with Crippen LogP contribution in [0.5, 0.6) is 0 Å². The number of carbonyl (C=O) groups excluding carboxylic acids is 1. The molecule has 0 radical (unpaired) electrons. The van der Waals surface area contributed by atoms with Gasteiger partial charge in [0.05, 0.1) is 6.04 Å². The number of ether oxygens (including phenoxy) is 1. The SMILES string of the molecule is CC(C)(C)OC(=O)NC1CCCCc2cccc(Cl)c21. The Morgan fingerprint density at radius 1 is 1.35 bits per heavy atom. The number of alkyl carbamates (subject to hydrolysis) is 1. The zero-order valence-electron chi connectivity index (χ0n) is 12.3. The van der Waals surface area contributed by atoms with Crippen LogP contribution < -0.4 is 5.32 Å². The van der Waals surface area contributed by atoms with Gasteiger partial charge in [0.2, 0.25) is 0 Å². The maximum Gasteiger partial charge on any atom is 0.408 e. The summed E-state index contributed by atoms with van der Waals surface area (Å²) in [5.41, 5.74) is 1.80. The van der Waals surface area contributed by atoms with Crippen LogP contribution in [0.1, 0.15) is 57.2 Å². The lowest BCUT2D eigenvalue weighted by molar-refractivity contribution is 0.0501. The van der Waals surface area contributed by atoms with E-state index >= 15 is 0 Å². The average molecular weight is 296 g/mol. The number of halogens is 1. The van der Waals surface area contributed by atoms with E-state index in [1.54, 1.807) is 0 Å². The van der Waals surface area contributed by atoms with Gasteiger partial charge in [-0.15, -0.1) is 0 Å². The lowest BCUT2D eigenvalue weighted by atomic mass is 9.99. The molecule has 4 heteroatoms. The average Bonchev–Trinajstić information content (AvgIpc) is 2.50. The highest BCUT2D eigenvalue weighted by atomic mass is 35.5. The van der Waals surface area contributed by atoms with Crippen LogP contribution in [0.25, 0.3) is 0 Å². The van der Waals surface area contributed by atoms with Crippen LogP contribution in [0.15, 0.2) is 18.2 Å². The molecule has 110 valence electrons. The normalized spacial score (nSPS) is 18.9. The van der Waals surface area contributed by atoms with Crippen LogP contribution in [0.3, 0.4) is 0 Å². The van der Waals surface area contributed by atoms with Gasteiger partial charge < -0.3 is 10.1 Å². The standard InChI is InChI=1S/C16H22ClNO2/c1-16(2,3)20-15(19)18-13-10-5-4-7-11-8-6-9-12(17)14(11)13/h6,8-9,13H,4-5,7,10H2,1-3H3,(H,18,19). The highest BCUT2D eigenvalue weighted by Gasteiger charge is 2.25.